The maximum absolute atomic E-state index is 13.0. The highest BCUT2D eigenvalue weighted by atomic mass is 32.9. The number of anilines is 1. The fraction of sp³-hybridized carbons (Fsp3) is 0.238. The summed E-state index contributed by atoms with van der Waals surface area (Å²) in [6, 6.07) is 15.5. The number of benzene rings is 2. The van der Waals surface area contributed by atoms with Gasteiger partial charge in [-0.3, -0.25) is 4.79 Å². The van der Waals surface area contributed by atoms with E-state index in [0.29, 0.717) is 6.54 Å². The van der Waals surface area contributed by atoms with Crippen LogP contribution in [0.15, 0.2) is 48.5 Å². The molecule has 4 rings (SSSR count). The van der Waals surface area contributed by atoms with Crippen LogP contribution in [0, 0.1) is 3.82 Å². The number of nitrogens with zero attached hydrogens (tertiary/aromatic N) is 1. The molecule has 1 aliphatic rings. The summed E-state index contributed by atoms with van der Waals surface area (Å²) in [6.45, 7) is 4.63. The zero-order valence-electron chi connectivity index (χ0n) is 15.3. The van der Waals surface area contributed by atoms with Crippen molar-refractivity contribution in [3.05, 3.63) is 62.8 Å². The van der Waals surface area contributed by atoms with Crippen molar-refractivity contribution in [3.8, 4) is 16.9 Å². The second kappa shape index (κ2) is 6.86. The zero-order chi connectivity index (χ0) is 19.2. The van der Waals surface area contributed by atoms with E-state index in [9.17, 15) is 4.79 Å². The van der Waals surface area contributed by atoms with E-state index < -0.39 is 0 Å². The lowest BCUT2D eigenvalue weighted by Gasteiger charge is -2.44. The molecular formula is C21H19NO2S3. The molecule has 0 amide bonds. The second-order valence-electron chi connectivity index (χ2n) is 6.98. The van der Waals surface area contributed by atoms with E-state index in [1.54, 1.807) is 27.8 Å². The largest absolute Gasteiger partial charge is 0.497 e. The Balaban J connectivity index is 1.85. The Kier molecular flexibility index (Phi) is 4.66. The molecule has 0 spiro atoms. The molecule has 3 nitrogen and oxygen atoms in total. The summed E-state index contributed by atoms with van der Waals surface area (Å²) >= 11 is 5.64. The quantitative estimate of drug-likeness (QED) is 0.291. The summed E-state index contributed by atoms with van der Waals surface area (Å²) in [6.07, 6.45) is 0. The van der Waals surface area contributed by atoms with Gasteiger partial charge in [-0.25, -0.2) is 0 Å². The number of ketones is 1. The predicted octanol–water partition coefficient (Wildman–Crippen LogP) is 6.15. The molecule has 0 bridgehead atoms. The first kappa shape index (κ1) is 18.3. The van der Waals surface area contributed by atoms with Gasteiger partial charge in [0.25, 0.3) is 0 Å². The minimum absolute atomic E-state index is 0.104. The molecule has 1 aliphatic heterocycles. The summed E-state index contributed by atoms with van der Waals surface area (Å²) < 4.78 is 6.33. The van der Waals surface area contributed by atoms with Crippen molar-refractivity contribution in [3.63, 3.8) is 0 Å². The van der Waals surface area contributed by atoms with E-state index in [0.717, 1.165) is 32.0 Å². The van der Waals surface area contributed by atoms with Gasteiger partial charge in [-0.15, -0.1) is 0 Å². The number of methoxy groups -OCH3 is 1. The smallest absolute Gasteiger partial charge is 0.182 e. The Morgan fingerprint density at radius 1 is 1.15 bits per heavy atom. The van der Waals surface area contributed by atoms with Crippen LogP contribution >= 0.6 is 32.9 Å². The number of carbonyl (C=O) groups is 1. The Morgan fingerprint density at radius 3 is 2.59 bits per heavy atom. The maximum Gasteiger partial charge on any atom is 0.182 e. The number of ether oxygens (including phenoxy) is 1. The van der Waals surface area contributed by atoms with Gasteiger partial charge in [0.05, 0.1) is 24.1 Å². The summed E-state index contributed by atoms with van der Waals surface area (Å²) in [7, 11) is 4.99. The van der Waals surface area contributed by atoms with Crippen LogP contribution in [0.4, 0.5) is 5.69 Å². The Labute approximate surface area is 171 Å². The van der Waals surface area contributed by atoms with Crippen molar-refractivity contribution in [2.45, 2.75) is 19.4 Å². The molecule has 0 radical (unpaired) electrons. The van der Waals surface area contributed by atoms with Crippen LogP contribution in [-0.2, 0) is 5.54 Å². The van der Waals surface area contributed by atoms with Crippen molar-refractivity contribution in [2.75, 3.05) is 18.6 Å². The number of fused-ring (bicyclic) bond motifs is 3. The van der Waals surface area contributed by atoms with Gasteiger partial charge in [0, 0.05) is 22.4 Å². The summed E-state index contributed by atoms with van der Waals surface area (Å²) in [5.74, 6) is 0.895. The molecule has 0 N–H and O–H groups in total. The lowest BCUT2D eigenvalue weighted by molar-refractivity contribution is 0.0993. The van der Waals surface area contributed by atoms with Crippen molar-refractivity contribution < 1.29 is 9.53 Å². The number of hydrogen-bond acceptors (Lipinski definition) is 6. The molecule has 0 saturated carbocycles. The molecule has 2 aromatic carbocycles. The first-order chi connectivity index (χ1) is 12.9. The average Bonchev–Trinajstić information content (AvgIpc) is 3.08. The van der Waals surface area contributed by atoms with Crippen LogP contribution in [0.3, 0.4) is 0 Å². The van der Waals surface area contributed by atoms with Gasteiger partial charge < -0.3 is 9.64 Å². The molecule has 27 heavy (non-hydrogen) atoms. The molecule has 138 valence electrons. The molecule has 0 atom stereocenters. The second-order valence-corrected chi connectivity index (χ2v) is 9.79. The third-order valence-corrected chi connectivity index (χ3v) is 8.35. The fourth-order valence-corrected chi connectivity index (χ4v) is 6.84. The highest BCUT2D eigenvalue weighted by molar-refractivity contribution is 7.80. The lowest BCUT2D eigenvalue weighted by atomic mass is 9.87. The highest BCUT2D eigenvalue weighted by Crippen LogP contribution is 2.52. The van der Waals surface area contributed by atoms with E-state index in [-0.39, 0.29) is 11.3 Å². The first-order valence-corrected chi connectivity index (χ1v) is 11.2. The molecule has 0 fully saturated rings. The van der Waals surface area contributed by atoms with Gasteiger partial charge in [0.2, 0.25) is 0 Å². The van der Waals surface area contributed by atoms with Crippen molar-refractivity contribution in [2.24, 2.45) is 0 Å². The molecule has 2 heterocycles. The van der Waals surface area contributed by atoms with Gasteiger partial charge in [-0.2, -0.15) is 0 Å². The van der Waals surface area contributed by atoms with Crippen LogP contribution < -0.4 is 9.64 Å². The minimum Gasteiger partial charge on any atom is -0.497 e. The Hall–Kier alpha value is -2.02. The van der Waals surface area contributed by atoms with E-state index >= 15 is 0 Å². The van der Waals surface area contributed by atoms with E-state index in [1.165, 1.54) is 4.88 Å². The summed E-state index contributed by atoms with van der Waals surface area (Å²) in [5.41, 5.74) is 3.59. The van der Waals surface area contributed by atoms with E-state index in [4.69, 9.17) is 17.0 Å². The third-order valence-electron chi connectivity index (χ3n) is 5.02. The Morgan fingerprint density at radius 2 is 1.89 bits per heavy atom. The summed E-state index contributed by atoms with van der Waals surface area (Å²) in [4.78, 5) is 16.4. The van der Waals surface area contributed by atoms with Crippen molar-refractivity contribution >= 4 is 44.4 Å². The van der Waals surface area contributed by atoms with Crippen molar-refractivity contribution in [1.82, 2.24) is 0 Å². The molecule has 0 saturated heterocycles. The fourth-order valence-electron chi connectivity index (χ4n) is 3.54. The number of rotatable bonds is 4. The summed E-state index contributed by atoms with van der Waals surface area (Å²) in [5, 5.41) is 0. The van der Waals surface area contributed by atoms with Crippen LogP contribution in [0.5, 0.6) is 5.75 Å². The van der Waals surface area contributed by atoms with Crippen molar-refractivity contribution in [1.29, 1.82) is 0 Å². The van der Waals surface area contributed by atoms with Crippen LogP contribution in [0.2, 0.25) is 0 Å². The van der Waals surface area contributed by atoms with E-state index in [1.807, 2.05) is 48.5 Å². The Bertz CT molecular complexity index is 1070. The number of Topliss-reactive ketones (excluding diaryl/α,β-unsaturated/α-hetero) is 1. The zero-order valence-corrected chi connectivity index (χ0v) is 17.8. The highest BCUT2D eigenvalue weighted by Gasteiger charge is 2.40. The van der Waals surface area contributed by atoms with Gasteiger partial charge in [-0.05, 0) is 32.0 Å². The average molecular weight is 414 g/mol. The lowest BCUT2D eigenvalue weighted by Crippen LogP contribution is -2.46. The molecular weight excluding hydrogens is 394 g/mol. The topological polar surface area (TPSA) is 29.5 Å². The standard InChI is InChI=1S/C21H19NO2S3/c1-21(2)19-18(20(25)27-26-19)15-11-14(24-3)9-10-16(15)22(21)12-17(23)13-7-5-4-6-8-13/h4-11H,12H2,1-3H3. The normalized spacial score (nSPS) is 14.4. The van der Waals surface area contributed by atoms with Gasteiger partial charge in [0.1, 0.15) is 9.57 Å². The molecule has 3 aromatic rings. The predicted molar refractivity (Wildman–Crippen MR) is 116 cm³/mol. The number of hydrogen-bond donors (Lipinski definition) is 0. The monoisotopic (exact) mass is 413 g/mol. The molecule has 1 aromatic heterocycles. The SMILES string of the molecule is COc1ccc2c(c1)-c1c(ssc1=S)C(C)(C)N2CC(=O)c1ccccc1. The molecule has 0 aliphatic carbocycles. The van der Waals surface area contributed by atoms with Gasteiger partial charge >= 0.3 is 0 Å². The van der Waals surface area contributed by atoms with E-state index in [2.05, 4.69) is 18.7 Å². The molecule has 6 heteroatoms. The maximum atomic E-state index is 13.0. The molecule has 0 unspecified atom stereocenters. The van der Waals surface area contributed by atoms with Crippen LogP contribution in [-0.4, -0.2) is 19.4 Å². The number of carbonyl (C=O) groups excluding carboxylic acids is 1. The first-order valence-electron chi connectivity index (χ1n) is 8.61. The minimum atomic E-state index is -0.320. The van der Waals surface area contributed by atoms with Crippen LogP contribution in [0.1, 0.15) is 29.1 Å². The van der Waals surface area contributed by atoms with Gasteiger partial charge in [0.15, 0.2) is 5.78 Å². The third kappa shape index (κ3) is 3.02. The van der Waals surface area contributed by atoms with Crippen LogP contribution in [0.25, 0.3) is 11.1 Å². The van der Waals surface area contributed by atoms with Gasteiger partial charge in [-0.1, -0.05) is 63.2 Å².